The van der Waals surface area contributed by atoms with Gasteiger partial charge in [-0.1, -0.05) is 10.3 Å². The van der Waals surface area contributed by atoms with Gasteiger partial charge in [-0.05, 0) is 19.1 Å². The molecule has 5 nitrogen and oxygen atoms in total. The van der Waals surface area contributed by atoms with E-state index >= 15 is 0 Å². The smallest absolute Gasteiger partial charge is 0.144 e. The Kier molecular flexibility index (Phi) is 3.22. The van der Waals surface area contributed by atoms with E-state index in [0.29, 0.717) is 23.7 Å². The third kappa shape index (κ3) is 2.52. The first kappa shape index (κ1) is 11.4. The summed E-state index contributed by atoms with van der Waals surface area (Å²) in [6.07, 6.45) is 0. The predicted molar refractivity (Wildman–Crippen MR) is 59.3 cm³/mol. The van der Waals surface area contributed by atoms with Crippen LogP contribution in [0, 0.1) is 12.7 Å². The number of hydrogen-bond acceptors (Lipinski definition) is 5. The second kappa shape index (κ2) is 4.82. The Morgan fingerprint density at radius 2 is 2.24 bits per heavy atom. The van der Waals surface area contributed by atoms with Crippen molar-refractivity contribution in [1.82, 2.24) is 10.3 Å². The largest absolute Gasteiger partial charge is 0.494 e. The summed E-state index contributed by atoms with van der Waals surface area (Å²) < 4.78 is 22.6. The first-order chi connectivity index (χ1) is 8.20. The van der Waals surface area contributed by atoms with Gasteiger partial charge < -0.3 is 10.1 Å². The van der Waals surface area contributed by atoms with Crippen molar-refractivity contribution >= 4 is 5.69 Å². The van der Waals surface area contributed by atoms with Gasteiger partial charge in [0.15, 0.2) is 0 Å². The fraction of sp³-hybridized carbons (Fsp3) is 0.273. The van der Waals surface area contributed by atoms with Crippen molar-refractivity contribution in [2.45, 2.75) is 13.5 Å². The Morgan fingerprint density at radius 1 is 1.41 bits per heavy atom. The topological polar surface area (TPSA) is 60.2 Å². The highest BCUT2D eigenvalue weighted by molar-refractivity contribution is 5.56. The monoisotopic (exact) mass is 237 g/mol. The molecule has 17 heavy (non-hydrogen) atoms. The highest BCUT2D eigenvalue weighted by Gasteiger charge is 2.07. The highest BCUT2D eigenvalue weighted by atomic mass is 19.1. The number of rotatable bonds is 4. The van der Waals surface area contributed by atoms with Crippen LogP contribution in [-0.2, 0) is 6.54 Å². The molecule has 0 saturated heterocycles. The summed E-state index contributed by atoms with van der Waals surface area (Å²) in [6.45, 7) is 2.24. The number of hydrogen-bond donors (Lipinski definition) is 1. The molecule has 0 aliphatic carbocycles. The normalized spacial score (nSPS) is 10.3. The van der Waals surface area contributed by atoms with Crippen molar-refractivity contribution in [3.63, 3.8) is 0 Å². The molecule has 0 radical (unpaired) electrons. The van der Waals surface area contributed by atoms with Crippen LogP contribution >= 0.6 is 0 Å². The summed E-state index contributed by atoms with van der Waals surface area (Å²) in [7, 11) is 1.49. The number of nitrogens with one attached hydrogen (secondary N) is 1. The Labute approximate surface area is 97.5 Å². The minimum absolute atomic E-state index is 0.341. The Bertz CT molecular complexity index is 513. The standard InChI is InChI=1S/C11H12FN3O2/c1-7-10(15-17-14-7)6-13-9-4-3-8(12)5-11(9)16-2/h3-5,13H,6H2,1-2H3. The van der Waals surface area contributed by atoms with Crippen LogP contribution in [-0.4, -0.2) is 17.4 Å². The van der Waals surface area contributed by atoms with E-state index in [2.05, 4.69) is 20.3 Å². The number of aromatic nitrogens is 2. The zero-order valence-electron chi connectivity index (χ0n) is 9.53. The van der Waals surface area contributed by atoms with Gasteiger partial charge in [-0.25, -0.2) is 9.02 Å². The summed E-state index contributed by atoms with van der Waals surface area (Å²) in [5, 5.41) is 10.5. The lowest BCUT2D eigenvalue weighted by Gasteiger charge is -2.09. The first-order valence-corrected chi connectivity index (χ1v) is 5.06. The molecule has 0 aliphatic heterocycles. The van der Waals surface area contributed by atoms with Gasteiger partial charge in [0.05, 0.1) is 19.3 Å². The fourth-order valence-corrected chi connectivity index (χ4v) is 1.40. The molecule has 90 valence electrons. The maximum Gasteiger partial charge on any atom is 0.144 e. The molecule has 0 unspecified atom stereocenters. The van der Waals surface area contributed by atoms with Gasteiger partial charge in [0.25, 0.3) is 0 Å². The van der Waals surface area contributed by atoms with Gasteiger partial charge in [-0.15, -0.1) is 0 Å². The molecule has 2 rings (SSSR count). The predicted octanol–water partition coefficient (Wildman–Crippen LogP) is 2.14. The van der Waals surface area contributed by atoms with Crippen LogP contribution < -0.4 is 10.1 Å². The molecule has 1 aromatic carbocycles. The quantitative estimate of drug-likeness (QED) is 0.882. The van der Waals surface area contributed by atoms with Crippen LogP contribution in [0.25, 0.3) is 0 Å². The lowest BCUT2D eigenvalue weighted by Crippen LogP contribution is -2.03. The first-order valence-electron chi connectivity index (χ1n) is 5.06. The number of ether oxygens (including phenoxy) is 1. The molecule has 0 bridgehead atoms. The molecular weight excluding hydrogens is 225 g/mol. The van der Waals surface area contributed by atoms with Crippen LogP contribution in [0.5, 0.6) is 5.75 Å². The minimum Gasteiger partial charge on any atom is -0.494 e. The van der Waals surface area contributed by atoms with Crippen LogP contribution in [0.1, 0.15) is 11.4 Å². The van der Waals surface area contributed by atoms with E-state index in [1.54, 1.807) is 13.0 Å². The van der Waals surface area contributed by atoms with Crippen molar-refractivity contribution in [3.8, 4) is 5.75 Å². The Balaban J connectivity index is 2.11. The molecule has 0 saturated carbocycles. The number of methoxy groups -OCH3 is 1. The summed E-state index contributed by atoms with van der Waals surface area (Å²) >= 11 is 0. The molecule has 0 atom stereocenters. The van der Waals surface area contributed by atoms with Crippen LogP contribution in [0.4, 0.5) is 10.1 Å². The fourth-order valence-electron chi connectivity index (χ4n) is 1.40. The molecule has 0 fully saturated rings. The van der Waals surface area contributed by atoms with Crippen molar-refractivity contribution in [1.29, 1.82) is 0 Å². The third-order valence-corrected chi connectivity index (χ3v) is 2.36. The number of aryl methyl sites for hydroxylation is 1. The summed E-state index contributed by atoms with van der Waals surface area (Å²) in [6, 6.07) is 4.28. The van der Waals surface area contributed by atoms with Gasteiger partial charge in [-0.3, -0.25) is 0 Å². The van der Waals surface area contributed by atoms with Crippen LogP contribution in [0.15, 0.2) is 22.8 Å². The van der Waals surface area contributed by atoms with Gasteiger partial charge in [0, 0.05) is 6.07 Å². The van der Waals surface area contributed by atoms with E-state index in [0.717, 1.165) is 5.69 Å². The molecule has 0 spiro atoms. The molecular formula is C11H12FN3O2. The molecule has 6 heteroatoms. The summed E-state index contributed by atoms with van der Waals surface area (Å²) in [4.78, 5) is 0. The number of benzene rings is 1. The van der Waals surface area contributed by atoms with Crippen molar-refractivity contribution < 1.29 is 13.8 Å². The van der Waals surface area contributed by atoms with Gasteiger partial charge >= 0.3 is 0 Å². The van der Waals surface area contributed by atoms with E-state index in [9.17, 15) is 4.39 Å². The molecule has 1 N–H and O–H groups in total. The second-order valence-electron chi connectivity index (χ2n) is 3.49. The number of nitrogens with zero attached hydrogens (tertiary/aromatic N) is 2. The van der Waals surface area contributed by atoms with Crippen molar-refractivity contribution in [3.05, 3.63) is 35.4 Å². The second-order valence-corrected chi connectivity index (χ2v) is 3.49. The van der Waals surface area contributed by atoms with E-state index in [1.807, 2.05) is 0 Å². The van der Waals surface area contributed by atoms with E-state index in [1.165, 1.54) is 19.2 Å². The van der Waals surface area contributed by atoms with Crippen LogP contribution in [0.3, 0.4) is 0 Å². The number of halogens is 1. The zero-order chi connectivity index (χ0) is 12.3. The van der Waals surface area contributed by atoms with Crippen molar-refractivity contribution in [2.75, 3.05) is 12.4 Å². The third-order valence-electron chi connectivity index (χ3n) is 2.36. The average Bonchev–Trinajstić information content (AvgIpc) is 2.73. The summed E-state index contributed by atoms with van der Waals surface area (Å²) in [5.41, 5.74) is 2.12. The molecule has 1 aromatic heterocycles. The minimum atomic E-state index is -0.341. The van der Waals surface area contributed by atoms with Gasteiger partial charge in [0.1, 0.15) is 23.0 Å². The van der Waals surface area contributed by atoms with Gasteiger partial charge in [-0.2, -0.15) is 0 Å². The maximum absolute atomic E-state index is 13.0. The van der Waals surface area contributed by atoms with E-state index in [-0.39, 0.29) is 5.82 Å². The number of anilines is 1. The molecule has 0 amide bonds. The average molecular weight is 237 g/mol. The Hall–Kier alpha value is -2.11. The lowest BCUT2D eigenvalue weighted by atomic mass is 10.2. The molecule has 1 heterocycles. The summed E-state index contributed by atoms with van der Waals surface area (Å²) in [5.74, 6) is 0.103. The molecule has 0 aliphatic rings. The van der Waals surface area contributed by atoms with E-state index in [4.69, 9.17) is 4.74 Å². The SMILES string of the molecule is COc1cc(F)ccc1NCc1nonc1C. The molecule has 2 aromatic rings. The maximum atomic E-state index is 13.0. The lowest BCUT2D eigenvalue weighted by molar-refractivity contribution is 0.301. The zero-order valence-corrected chi connectivity index (χ0v) is 9.53. The van der Waals surface area contributed by atoms with Crippen molar-refractivity contribution in [2.24, 2.45) is 0 Å². The Morgan fingerprint density at radius 3 is 2.88 bits per heavy atom. The van der Waals surface area contributed by atoms with Crippen LogP contribution in [0.2, 0.25) is 0 Å². The van der Waals surface area contributed by atoms with E-state index < -0.39 is 0 Å². The highest BCUT2D eigenvalue weighted by Crippen LogP contribution is 2.25. The van der Waals surface area contributed by atoms with Gasteiger partial charge in [0.2, 0.25) is 0 Å².